The second-order valence-corrected chi connectivity index (χ2v) is 4.82. The molecule has 0 aliphatic carbocycles. The van der Waals surface area contributed by atoms with Crippen LogP contribution in [0.3, 0.4) is 0 Å². The molecule has 0 bridgehead atoms. The first-order valence-electron chi connectivity index (χ1n) is 6.52. The zero-order valence-electron chi connectivity index (χ0n) is 11.4. The number of benzene rings is 2. The first-order chi connectivity index (χ1) is 9.88. The molecule has 0 aromatic heterocycles. The summed E-state index contributed by atoms with van der Waals surface area (Å²) in [5, 5.41) is 3.03. The molecule has 0 unspecified atom stereocenters. The number of hydrogen-bond donors (Lipinski definition) is 1. The van der Waals surface area contributed by atoms with E-state index in [4.69, 9.17) is 0 Å². The fourth-order valence-corrected chi connectivity index (χ4v) is 2.06. The first-order valence-corrected chi connectivity index (χ1v) is 6.52. The van der Waals surface area contributed by atoms with Crippen LogP contribution in [-0.2, 0) is 12.7 Å². The van der Waals surface area contributed by atoms with Crippen LogP contribution in [0.25, 0.3) is 0 Å². The van der Waals surface area contributed by atoms with Crippen LogP contribution in [0.1, 0.15) is 29.7 Å². The number of hydrogen-bond acceptors (Lipinski definition) is 1. The van der Waals surface area contributed by atoms with E-state index < -0.39 is 11.7 Å². The maximum Gasteiger partial charge on any atom is 0.416 e. The lowest BCUT2D eigenvalue weighted by molar-refractivity contribution is -0.137. The van der Waals surface area contributed by atoms with Crippen LogP contribution < -0.4 is 5.32 Å². The largest absolute Gasteiger partial charge is 0.416 e. The molecule has 2 aromatic carbocycles. The molecule has 1 nitrogen and oxygen atoms in total. The van der Waals surface area contributed by atoms with Crippen molar-refractivity contribution in [3.63, 3.8) is 0 Å². The third kappa shape index (κ3) is 4.04. The number of rotatable bonds is 4. The van der Waals surface area contributed by atoms with Crippen LogP contribution in [0.5, 0.6) is 0 Å². The minimum Gasteiger partial charge on any atom is -0.306 e. The summed E-state index contributed by atoms with van der Waals surface area (Å²) in [7, 11) is 0. The third-order valence-electron chi connectivity index (χ3n) is 3.24. The molecule has 0 aliphatic heterocycles. The van der Waals surface area contributed by atoms with Crippen molar-refractivity contribution in [2.45, 2.75) is 25.7 Å². The average Bonchev–Trinajstić information content (AvgIpc) is 2.45. The van der Waals surface area contributed by atoms with E-state index in [0.717, 1.165) is 12.1 Å². The summed E-state index contributed by atoms with van der Waals surface area (Å²) >= 11 is 0. The average molecular weight is 297 g/mol. The van der Waals surface area contributed by atoms with Crippen molar-refractivity contribution in [2.75, 3.05) is 0 Å². The molecule has 0 heterocycles. The highest BCUT2D eigenvalue weighted by atomic mass is 19.4. The maximum atomic E-state index is 13.6. The van der Waals surface area contributed by atoms with Gasteiger partial charge in [0.15, 0.2) is 0 Å². The van der Waals surface area contributed by atoms with Gasteiger partial charge in [0, 0.05) is 18.2 Å². The predicted octanol–water partition coefficient (Wildman–Crippen LogP) is 4.70. The standard InChI is InChI=1S/C16H15F4N/c1-11(14-7-2-3-8-15(14)17)21-10-12-5-4-6-13(9-12)16(18,19)20/h2-9,11,21H,10H2,1H3/t11-/m1/s1. The van der Waals surface area contributed by atoms with Crippen molar-refractivity contribution in [3.05, 3.63) is 71.0 Å². The van der Waals surface area contributed by atoms with Gasteiger partial charge in [-0.15, -0.1) is 0 Å². The van der Waals surface area contributed by atoms with Gasteiger partial charge in [0.25, 0.3) is 0 Å². The Labute approximate surface area is 120 Å². The number of alkyl halides is 3. The SMILES string of the molecule is C[C@@H](NCc1cccc(C(F)(F)F)c1)c1ccccc1F. The maximum absolute atomic E-state index is 13.6. The van der Waals surface area contributed by atoms with Crippen molar-refractivity contribution in [3.8, 4) is 0 Å². The monoisotopic (exact) mass is 297 g/mol. The summed E-state index contributed by atoms with van der Waals surface area (Å²) in [6.07, 6.45) is -4.35. The predicted molar refractivity (Wildman–Crippen MR) is 73.1 cm³/mol. The summed E-state index contributed by atoms with van der Waals surface area (Å²) < 4.78 is 51.4. The van der Waals surface area contributed by atoms with Gasteiger partial charge in [0.2, 0.25) is 0 Å². The van der Waals surface area contributed by atoms with E-state index >= 15 is 0 Å². The van der Waals surface area contributed by atoms with Gasteiger partial charge in [-0.2, -0.15) is 13.2 Å². The number of halogens is 4. The highest BCUT2D eigenvalue weighted by molar-refractivity contribution is 5.26. The van der Waals surface area contributed by atoms with Gasteiger partial charge < -0.3 is 5.32 Å². The molecule has 0 spiro atoms. The van der Waals surface area contributed by atoms with Gasteiger partial charge in [0.1, 0.15) is 5.82 Å². The Morgan fingerprint density at radius 1 is 1.05 bits per heavy atom. The summed E-state index contributed by atoms with van der Waals surface area (Å²) in [5.41, 5.74) is 0.317. The van der Waals surface area contributed by atoms with E-state index in [-0.39, 0.29) is 18.4 Å². The second kappa shape index (κ2) is 6.26. The molecule has 0 saturated carbocycles. The lowest BCUT2D eigenvalue weighted by atomic mass is 10.1. The first kappa shape index (κ1) is 15.5. The lowest BCUT2D eigenvalue weighted by Gasteiger charge is -2.15. The molecule has 0 amide bonds. The molecule has 5 heteroatoms. The fraction of sp³-hybridized carbons (Fsp3) is 0.250. The third-order valence-corrected chi connectivity index (χ3v) is 3.24. The van der Waals surface area contributed by atoms with Crippen molar-refractivity contribution in [1.82, 2.24) is 5.32 Å². The zero-order valence-corrected chi connectivity index (χ0v) is 11.4. The van der Waals surface area contributed by atoms with Crippen LogP contribution in [0.15, 0.2) is 48.5 Å². The Kier molecular flexibility index (Phi) is 4.63. The zero-order chi connectivity index (χ0) is 15.5. The minimum atomic E-state index is -4.35. The topological polar surface area (TPSA) is 12.0 Å². The molecule has 112 valence electrons. The molecule has 0 radical (unpaired) electrons. The van der Waals surface area contributed by atoms with Gasteiger partial charge in [-0.05, 0) is 24.6 Å². The quantitative estimate of drug-likeness (QED) is 0.807. The molecule has 0 saturated heterocycles. The van der Waals surface area contributed by atoms with Gasteiger partial charge >= 0.3 is 6.18 Å². The van der Waals surface area contributed by atoms with Crippen molar-refractivity contribution in [2.24, 2.45) is 0 Å². The highest BCUT2D eigenvalue weighted by Gasteiger charge is 2.30. The molecule has 1 atom stereocenters. The van der Waals surface area contributed by atoms with Gasteiger partial charge in [-0.3, -0.25) is 0 Å². The summed E-state index contributed by atoms with van der Waals surface area (Å²) in [5.74, 6) is -0.332. The molecule has 2 rings (SSSR count). The van der Waals surface area contributed by atoms with Crippen LogP contribution >= 0.6 is 0 Å². The smallest absolute Gasteiger partial charge is 0.306 e. The van der Waals surface area contributed by atoms with E-state index in [1.165, 1.54) is 12.1 Å². The minimum absolute atomic E-state index is 0.236. The van der Waals surface area contributed by atoms with Crippen LogP contribution in [0.2, 0.25) is 0 Å². The van der Waals surface area contributed by atoms with Crippen molar-refractivity contribution < 1.29 is 17.6 Å². The second-order valence-electron chi connectivity index (χ2n) is 4.82. The van der Waals surface area contributed by atoms with Gasteiger partial charge in [0.05, 0.1) is 5.56 Å². The van der Waals surface area contributed by atoms with E-state index in [0.29, 0.717) is 11.1 Å². The summed E-state index contributed by atoms with van der Waals surface area (Å²) in [6, 6.07) is 11.1. The van der Waals surface area contributed by atoms with Crippen LogP contribution in [0, 0.1) is 5.82 Å². The van der Waals surface area contributed by atoms with E-state index in [2.05, 4.69) is 5.32 Å². The lowest BCUT2D eigenvalue weighted by Crippen LogP contribution is -2.19. The summed E-state index contributed by atoms with van der Waals surface area (Å²) in [6.45, 7) is 2.01. The van der Waals surface area contributed by atoms with E-state index in [1.807, 2.05) is 0 Å². The molecule has 21 heavy (non-hydrogen) atoms. The normalized spacial score (nSPS) is 13.2. The summed E-state index contributed by atoms with van der Waals surface area (Å²) in [4.78, 5) is 0. The highest BCUT2D eigenvalue weighted by Crippen LogP contribution is 2.29. The van der Waals surface area contributed by atoms with E-state index in [1.54, 1.807) is 31.2 Å². The Morgan fingerprint density at radius 2 is 1.76 bits per heavy atom. The van der Waals surface area contributed by atoms with Crippen molar-refractivity contribution in [1.29, 1.82) is 0 Å². The molecule has 0 aliphatic rings. The van der Waals surface area contributed by atoms with Gasteiger partial charge in [-0.25, -0.2) is 4.39 Å². The molecular weight excluding hydrogens is 282 g/mol. The fourth-order valence-electron chi connectivity index (χ4n) is 2.06. The van der Waals surface area contributed by atoms with Gasteiger partial charge in [-0.1, -0.05) is 36.4 Å². The molecular formula is C16H15F4N. The Balaban J connectivity index is 2.05. The molecule has 1 N–H and O–H groups in total. The van der Waals surface area contributed by atoms with Crippen LogP contribution in [0.4, 0.5) is 17.6 Å². The molecule has 2 aromatic rings. The Morgan fingerprint density at radius 3 is 2.43 bits per heavy atom. The Bertz CT molecular complexity index is 607. The molecule has 0 fully saturated rings. The van der Waals surface area contributed by atoms with Crippen molar-refractivity contribution >= 4 is 0 Å². The van der Waals surface area contributed by atoms with Crippen LogP contribution in [-0.4, -0.2) is 0 Å². The van der Waals surface area contributed by atoms with E-state index in [9.17, 15) is 17.6 Å². The number of nitrogens with one attached hydrogen (secondary N) is 1. The Hall–Kier alpha value is -1.88.